The van der Waals surface area contributed by atoms with Gasteiger partial charge < -0.3 is 20.1 Å². The van der Waals surface area contributed by atoms with Crippen LogP contribution in [0.25, 0.3) is 0 Å². The van der Waals surface area contributed by atoms with Crippen molar-refractivity contribution in [1.82, 2.24) is 0 Å². The van der Waals surface area contributed by atoms with Crippen LogP contribution in [0.3, 0.4) is 0 Å². The van der Waals surface area contributed by atoms with E-state index in [0.717, 1.165) is 0 Å². The third-order valence-electron chi connectivity index (χ3n) is 3.03. The van der Waals surface area contributed by atoms with Gasteiger partial charge in [-0.05, 0) is 30.3 Å². The SMILES string of the molecule is O=C(CNc1ccc(F)c(Cl)c1)Nc1ccc2c(c1)OCO2. The number of amides is 1. The fourth-order valence-corrected chi connectivity index (χ4v) is 2.15. The highest BCUT2D eigenvalue weighted by Gasteiger charge is 2.14. The van der Waals surface area contributed by atoms with Gasteiger partial charge in [0.25, 0.3) is 0 Å². The van der Waals surface area contributed by atoms with Gasteiger partial charge in [0.15, 0.2) is 11.5 Å². The van der Waals surface area contributed by atoms with Crippen LogP contribution in [0.2, 0.25) is 5.02 Å². The quantitative estimate of drug-likeness (QED) is 0.907. The molecular formula is C15H12ClFN2O3. The zero-order chi connectivity index (χ0) is 15.5. The van der Waals surface area contributed by atoms with Crippen LogP contribution in [0.5, 0.6) is 11.5 Å². The number of nitrogens with one attached hydrogen (secondary N) is 2. The van der Waals surface area contributed by atoms with Crippen molar-refractivity contribution in [3.05, 3.63) is 47.2 Å². The molecule has 1 aliphatic heterocycles. The number of halogens is 2. The third kappa shape index (κ3) is 3.23. The number of hydrogen-bond acceptors (Lipinski definition) is 4. The van der Waals surface area contributed by atoms with E-state index in [0.29, 0.717) is 22.9 Å². The van der Waals surface area contributed by atoms with Crippen LogP contribution in [0, 0.1) is 5.82 Å². The van der Waals surface area contributed by atoms with Crippen LogP contribution in [-0.4, -0.2) is 19.2 Å². The van der Waals surface area contributed by atoms with Gasteiger partial charge in [0.1, 0.15) is 5.82 Å². The van der Waals surface area contributed by atoms with E-state index in [1.54, 1.807) is 18.2 Å². The molecule has 0 atom stereocenters. The number of benzene rings is 2. The van der Waals surface area contributed by atoms with E-state index in [4.69, 9.17) is 21.1 Å². The summed E-state index contributed by atoms with van der Waals surface area (Å²) in [6.07, 6.45) is 0. The normalized spacial score (nSPS) is 12.1. The van der Waals surface area contributed by atoms with Gasteiger partial charge in [-0.15, -0.1) is 0 Å². The average Bonchev–Trinajstić information content (AvgIpc) is 2.96. The Morgan fingerprint density at radius 1 is 1.14 bits per heavy atom. The summed E-state index contributed by atoms with van der Waals surface area (Å²) in [7, 11) is 0. The number of anilines is 2. The maximum absolute atomic E-state index is 13.0. The molecule has 2 aromatic rings. The molecule has 2 N–H and O–H groups in total. The minimum atomic E-state index is -0.503. The molecule has 1 amide bonds. The lowest BCUT2D eigenvalue weighted by Crippen LogP contribution is -2.21. The van der Waals surface area contributed by atoms with Gasteiger partial charge in [0, 0.05) is 17.4 Å². The van der Waals surface area contributed by atoms with Crippen molar-refractivity contribution in [3.63, 3.8) is 0 Å². The first kappa shape index (κ1) is 14.5. The fraction of sp³-hybridized carbons (Fsp3) is 0.133. The predicted molar refractivity (Wildman–Crippen MR) is 81.1 cm³/mol. The molecule has 0 aliphatic carbocycles. The third-order valence-corrected chi connectivity index (χ3v) is 3.32. The van der Waals surface area contributed by atoms with Crippen molar-refractivity contribution in [3.8, 4) is 11.5 Å². The number of rotatable bonds is 4. The molecule has 0 bridgehead atoms. The zero-order valence-corrected chi connectivity index (χ0v) is 12.1. The lowest BCUT2D eigenvalue weighted by Gasteiger charge is -2.09. The van der Waals surface area contributed by atoms with Gasteiger partial charge >= 0.3 is 0 Å². The molecule has 0 fully saturated rings. The molecule has 1 heterocycles. The molecule has 22 heavy (non-hydrogen) atoms. The van der Waals surface area contributed by atoms with Crippen molar-refractivity contribution in [1.29, 1.82) is 0 Å². The topological polar surface area (TPSA) is 59.6 Å². The number of fused-ring (bicyclic) bond motifs is 1. The molecule has 0 aromatic heterocycles. The minimum Gasteiger partial charge on any atom is -0.454 e. The Morgan fingerprint density at radius 2 is 1.91 bits per heavy atom. The highest BCUT2D eigenvalue weighted by Crippen LogP contribution is 2.34. The molecule has 0 radical (unpaired) electrons. The van der Waals surface area contributed by atoms with Crippen LogP contribution in [0.15, 0.2) is 36.4 Å². The van der Waals surface area contributed by atoms with Gasteiger partial charge in [-0.2, -0.15) is 0 Å². The monoisotopic (exact) mass is 322 g/mol. The fourth-order valence-electron chi connectivity index (χ4n) is 1.97. The first-order chi connectivity index (χ1) is 10.6. The van der Waals surface area contributed by atoms with Crippen molar-refractivity contribution in [2.24, 2.45) is 0 Å². The zero-order valence-electron chi connectivity index (χ0n) is 11.4. The summed E-state index contributed by atoms with van der Waals surface area (Å²) >= 11 is 5.67. The van der Waals surface area contributed by atoms with Gasteiger partial charge in [0.2, 0.25) is 12.7 Å². The van der Waals surface area contributed by atoms with Crippen molar-refractivity contribution in [2.45, 2.75) is 0 Å². The average molecular weight is 323 g/mol. The van der Waals surface area contributed by atoms with E-state index in [1.807, 2.05) is 0 Å². The minimum absolute atomic E-state index is 0.00109. The van der Waals surface area contributed by atoms with Crippen LogP contribution in [0.4, 0.5) is 15.8 Å². The summed E-state index contributed by atoms with van der Waals surface area (Å²) in [5.74, 6) is 0.490. The molecular weight excluding hydrogens is 311 g/mol. The second-order valence-corrected chi connectivity index (χ2v) is 5.01. The summed E-state index contributed by atoms with van der Waals surface area (Å²) < 4.78 is 23.5. The lowest BCUT2D eigenvalue weighted by molar-refractivity contribution is -0.114. The number of ether oxygens (including phenoxy) is 2. The summed E-state index contributed by atoms with van der Waals surface area (Å²) in [5.41, 5.74) is 1.17. The van der Waals surface area contributed by atoms with Crippen molar-refractivity contribution < 1.29 is 18.7 Å². The molecule has 0 saturated carbocycles. The Bertz CT molecular complexity index is 724. The first-order valence-electron chi connectivity index (χ1n) is 6.50. The molecule has 1 aliphatic rings. The second kappa shape index (κ2) is 6.11. The summed E-state index contributed by atoms with van der Waals surface area (Å²) in [5, 5.41) is 5.59. The molecule has 7 heteroatoms. The first-order valence-corrected chi connectivity index (χ1v) is 6.88. The molecule has 0 spiro atoms. The van der Waals surface area contributed by atoms with E-state index in [1.165, 1.54) is 18.2 Å². The van der Waals surface area contributed by atoms with E-state index >= 15 is 0 Å². The van der Waals surface area contributed by atoms with E-state index in [9.17, 15) is 9.18 Å². The van der Waals surface area contributed by atoms with Crippen molar-refractivity contribution in [2.75, 3.05) is 24.0 Å². The predicted octanol–water partition coefficient (Wildman–Crippen LogP) is 3.26. The Balaban J connectivity index is 1.57. The molecule has 0 unspecified atom stereocenters. The molecule has 114 valence electrons. The smallest absolute Gasteiger partial charge is 0.243 e. The largest absolute Gasteiger partial charge is 0.454 e. The maximum atomic E-state index is 13.0. The van der Waals surface area contributed by atoms with Crippen LogP contribution in [0.1, 0.15) is 0 Å². The number of carbonyl (C=O) groups excluding carboxylic acids is 1. The molecule has 3 rings (SSSR count). The Labute approximate surface area is 131 Å². The van der Waals surface area contributed by atoms with E-state index < -0.39 is 5.82 Å². The Hall–Kier alpha value is -2.47. The molecule has 0 saturated heterocycles. The molecule has 2 aromatic carbocycles. The summed E-state index contributed by atoms with van der Waals surface area (Å²) in [6.45, 7) is 0.204. The highest BCUT2D eigenvalue weighted by atomic mass is 35.5. The number of carbonyl (C=O) groups is 1. The van der Waals surface area contributed by atoms with E-state index in [2.05, 4.69) is 10.6 Å². The van der Waals surface area contributed by atoms with Crippen molar-refractivity contribution >= 4 is 28.9 Å². The van der Waals surface area contributed by atoms with Crippen LogP contribution >= 0.6 is 11.6 Å². The Morgan fingerprint density at radius 3 is 2.73 bits per heavy atom. The maximum Gasteiger partial charge on any atom is 0.243 e. The highest BCUT2D eigenvalue weighted by molar-refractivity contribution is 6.31. The Kier molecular flexibility index (Phi) is 4.02. The molecule has 5 nitrogen and oxygen atoms in total. The number of hydrogen-bond donors (Lipinski definition) is 2. The van der Waals surface area contributed by atoms with E-state index in [-0.39, 0.29) is 24.3 Å². The summed E-state index contributed by atoms with van der Waals surface area (Å²) in [6, 6.07) is 9.31. The van der Waals surface area contributed by atoms with Gasteiger partial charge in [0.05, 0.1) is 11.6 Å². The van der Waals surface area contributed by atoms with Crippen LogP contribution < -0.4 is 20.1 Å². The van der Waals surface area contributed by atoms with Gasteiger partial charge in [-0.3, -0.25) is 4.79 Å². The van der Waals surface area contributed by atoms with Gasteiger partial charge in [-0.25, -0.2) is 4.39 Å². The summed E-state index contributed by atoms with van der Waals surface area (Å²) in [4.78, 5) is 11.9. The van der Waals surface area contributed by atoms with Crippen LogP contribution in [-0.2, 0) is 4.79 Å². The standard InChI is InChI=1S/C15H12ClFN2O3/c16-11-5-9(1-3-12(11)17)18-7-15(20)19-10-2-4-13-14(6-10)22-8-21-13/h1-6,18H,7-8H2,(H,19,20). The van der Waals surface area contributed by atoms with Gasteiger partial charge in [-0.1, -0.05) is 11.6 Å². The lowest BCUT2D eigenvalue weighted by atomic mass is 10.2. The second-order valence-electron chi connectivity index (χ2n) is 4.60.